The number of unbranched alkanes of at least 4 members (excludes halogenated alkanes) is 1. The lowest BCUT2D eigenvalue weighted by molar-refractivity contribution is -0.144. The normalized spacial score (nSPS) is 19.3. The van der Waals surface area contributed by atoms with E-state index in [1.807, 2.05) is 63.7 Å². The van der Waals surface area contributed by atoms with Crippen LogP contribution in [-0.2, 0) is 120 Å². The number of Topliss-reactive ketones (excluding diaryl/α,β-unsaturated/α-hetero) is 4. The van der Waals surface area contributed by atoms with Crippen LogP contribution in [0.1, 0.15) is 194 Å². The number of imidazole rings is 2. The summed E-state index contributed by atoms with van der Waals surface area (Å²) in [5, 5.41) is 43.2. The first-order chi connectivity index (χ1) is 63.7. The van der Waals surface area contributed by atoms with Gasteiger partial charge in [0, 0.05) is 174 Å². The van der Waals surface area contributed by atoms with Gasteiger partial charge in [-0.3, -0.25) is 81.5 Å². The van der Waals surface area contributed by atoms with Crippen LogP contribution in [0.15, 0.2) is 55.5 Å². The Hall–Kier alpha value is -10.9. The number of H-pyrrole nitrogens is 3. The van der Waals surface area contributed by atoms with E-state index >= 15 is 0 Å². The molecule has 0 spiro atoms. The van der Waals surface area contributed by atoms with Crippen molar-refractivity contribution in [2.45, 2.75) is 256 Å². The number of likely N-dealkylation sites (N-methyl/N-ethyl adjacent to an activating group) is 1. The minimum absolute atomic E-state index is 0.00280. The number of aromatic nitrogens is 5. The highest BCUT2D eigenvalue weighted by molar-refractivity contribution is 8.00. The number of carboxylic acids is 1. The largest absolute Gasteiger partial charge is 0.481 e. The van der Waals surface area contributed by atoms with Gasteiger partial charge in [0.1, 0.15) is 49.2 Å². The van der Waals surface area contributed by atoms with Gasteiger partial charge < -0.3 is 107 Å². The van der Waals surface area contributed by atoms with Crippen LogP contribution in [0.2, 0.25) is 0 Å². The van der Waals surface area contributed by atoms with Gasteiger partial charge in [0.15, 0.2) is 17.3 Å². The van der Waals surface area contributed by atoms with E-state index in [-0.39, 0.29) is 158 Å². The van der Waals surface area contributed by atoms with E-state index in [1.165, 1.54) is 46.7 Å². The third kappa shape index (κ3) is 35.2. The van der Waals surface area contributed by atoms with Crippen LogP contribution in [-0.4, -0.2) is 307 Å². The van der Waals surface area contributed by atoms with Crippen molar-refractivity contribution in [1.82, 2.24) is 82.2 Å². The van der Waals surface area contributed by atoms with Crippen molar-refractivity contribution in [2.75, 3.05) is 97.9 Å². The number of likely N-dealkylation sites (tertiary alicyclic amines) is 3. The summed E-state index contributed by atoms with van der Waals surface area (Å²) in [6.07, 6.45) is 14.6. The second-order valence-electron chi connectivity index (χ2n) is 35.7. The number of aliphatic carboxylic acids is 1. The first-order valence-electron chi connectivity index (χ1n) is 46.6. The number of hydrogen-bond acceptors (Lipinski definition) is 25. The predicted molar refractivity (Wildman–Crippen MR) is 487 cm³/mol. The minimum Gasteiger partial charge on any atom is -0.481 e. The number of aliphatic hydroxyl groups is 1. The lowest BCUT2D eigenvalue weighted by atomic mass is 9.90. The van der Waals surface area contributed by atoms with E-state index in [0.29, 0.717) is 113 Å². The van der Waals surface area contributed by atoms with E-state index in [0.717, 1.165) is 41.5 Å². The number of aromatic amines is 3. The molecule has 734 valence electrons. The molecule has 41 heteroatoms. The van der Waals surface area contributed by atoms with Crippen LogP contribution in [0.5, 0.6) is 0 Å². The molecule has 5 aliphatic rings. The second-order valence-corrected chi connectivity index (χ2v) is 36.9. The zero-order chi connectivity index (χ0) is 96.6. The Morgan fingerprint density at radius 1 is 0.579 bits per heavy atom. The van der Waals surface area contributed by atoms with Crippen LogP contribution < -0.4 is 48.3 Å². The smallest absolute Gasteiger partial charge is 0.303 e. The van der Waals surface area contributed by atoms with Gasteiger partial charge in [-0.1, -0.05) is 52.3 Å². The fourth-order valence-corrected chi connectivity index (χ4v) is 19.1. The van der Waals surface area contributed by atoms with Gasteiger partial charge in [0.05, 0.1) is 82.3 Å². The summed E-state index contributed by atoms with van der Waals surface area (Å²) in [6, 6.07) is 0.0970. The molecule has 0 bridgehead atoms. The average molecular weight is 1880 g/mol. The Labute approximate surface area is 779 Å². The van der Waals surface area contributed by atoms with Gasteiger partial charge in [0.25, 0.3) is 0 Å². The van der Waals surface area contributed by atoms with Crippen LogP contribution in [0.4, 0.5) is 0 Å². The van der Waals surface area contributed by atoms with E-state index in [2.05, 4.69) is 67.5 Å². The quantitative estimate of drug-likeness (QED) is 0.0281. The Balaban J connectivity index is 0.000000336. The van der Waals surface area contributed by atoms with Crippen molar-refractivity contribution in [3.63, 3.8) is 0 Å². The summed E-state index contributed by atoms with van der Waals surface area (Å²) in [5.74, 6) is -9.55. The number of nitrogens with two attached hydrogens (primary N) is 1. The summed E-state index contributed by atoms with van der Waals surface area (Å²) in [6.45, 7) is 13.6. The van der Waals surface area contributed by atoms with E-state index in [9.17, 15) is 91.7 Å². The highest BCUT2D eigenvalue weighted by atomic mass is 32.2. The van der Waals surface area contributed by atoms with Crippen molar-refractivity contribution in [2.24, 2.45) is 41.2 Å². The van der Waals surface area contributed by atoms with Crippen molar-refractivity contribution >= 4 is 123 Å². The molecule has 5 fully saturated rings. The molecule has 0 unspecified atom stereocenters. The Kier molecular flexibility index (Phi) is 45.0. The summed E-state index contributed by atoms with van der Waals surface area (Å²) >= 11 is 1.94. The Morgan fingerprint density at radius 3 is 1.77 bits per heavy atom. The molecule has 15 N–H and O–H groups in total. The van der Waals surface area contributed by atoms with Crippen molar-refractivity contribution in [3.05, 3.63) is 72.5 Å². The predicted octanol–water partition coefficient (Wildman–Crippen LogP) is 2.07. The molecule has 14 atom stereocenters. The number of ketones is 4. The SMILES string of the molecule is CC(=O)N[C@@H](C)C(=O)C[C@@H](Cc1c[nH]c2ccccc12)C(=O)N[C@@H](CC(C)C)C(=O)N1CCC[C@H]1C(=O)N[C@@H](CC(C)C)C(=O)C[C@@H](CO)C(=O)N1CCC[C@H]1C(N)=O.CCNC(=O)[C@@H]1CCCN1C(=O)[C@H](CCC(=O)O)NC(=O)[C@@H](CC(=O)[C@H](Cc1cnc[nH]1)NC(=O)COCCOCCNC(=O)COCCOCCCC(=O)CCCC[C@@H]1SC[C@@H]2NC(=O)C[C@@H]21)Cc1cnc[nH]1. The van der Waals surface area contributed by atoms with Crippen LogP contribution in [0.25, 0.3) is 10.9 Å². The summed E-state index contributed by atoms with van der Waals surface area (Å²) in [7, 11) is 0. The number of para-hydroxylation sites is 1. The molecule has 9 rings (SSSR count). The number of ether oxygens (including phenoxy) is 4. The van der Waals surface area contributed by atoms with Crippen molar-refractivity contribution in [3.8, 4) is 0 Å². The molecule has 3 aromatic heterocycles. The van der Waals surface area contributed by atoms with Crippen molar-refractivity contribution < 1.29 is 111 Å². The number of fused-ring (bicyclic) bond motifs is 2. The van der Waals surface area contributed by atoms with Gasteiger partial charge in [-0.2, -0.15) is 11.8 Å². The number of carboxylic acid groups (broad SMARTS) is 1. The molecule has 1 aromatic carbocycles. The second kappa shape index (κ2) is 55.7. The molecule has 5 saturated heterocycles. The highest BCUT2D eigenvalue weighted by Gasteiger charge is 2.46. The number of aliphatic hydroxyl groups excluding tert-OH is 1. The summed E-state index contributed by atoms with van der Waals surface area (Å²) < 4.78 is 21.9. The van der Waals surface area contributed by atoms with E-state index in [1.54, 1.807) is 20.0 Å². The molecule has 5 aliphatic heterocycles. The molecule has 0 radical (unpaired) electrons. The molecule has 12 amide bonds. The van der Waals surface area contributed by atoms with Crippen LogP contribution in [0.3, 0.4) is 0 Å². The number of thioether (sulfide) groups is 1. The molecular formula is C92H137N17O23S. The molecule has 0 aliphatic carbocycles. The number of benzene rings is 1. The standard InChI is InChI=1S/C49H74N10O14S.C43H63N7O9/c1-2-52-48(68)40-9-5-14-59(40)49(69)37(11-12-46(65)66)58-47(67)32(21-33-25-50-30-54-33)22-41(61)38(23-34-26-51-31-55-34)56-45(64)28-73-20-18-71-16-13-53-44(63)27-72-19-17-70-15-6-8-35(60)7-3-4-10-42-36-24-43(62)57-39(36)29-74-42;1-24(2)17-33(38(54)21-30(23-51)42(58)49-15-9-13-35(49)39(44)55)47-41(57)36-14-10-16-50(36)43(59)34(18-25(3)4)48-40(56)28(20-37(53)26(5)46-27(6)52)19-29-22-45-32-12-8-7-11-31(29)32/h25-26,30-32,36-40,42H,2-24,27-29H2,1H3,(H,50,54)(H,51,55)(H,52,68)(H,53,63)(H,56,64)(H,57,62)(H,58,67)(H,65,66);7-8,11-12,22,24-26,28,30,33-36,45,51H,9-10,13-21,23H2,1-6H3,(H2,44,55)(H,46,52)(H,47,57)(H,48,56)/t32-,36+,37+,38+,39+,40+,42+;26-,28+,30-,33-,34-,35-,36-/m10/s1. The number of carbonyl (C=O) groups excluding carboxylic acids is 16. The van der Waals surface area contributed by atoms with Gasteiger partial charge >= 0.3 is 5.97 Å². The minimum atomic E-state index is -1.30. The number of carbonyl (C=O) groups is 17. The number of nitrogens with one attached hydrogen (secondary N) is 11. The Bertz CT molecular complexity index is 4530. The molecule has 133 heavy (non-hydrogen) atoms. The average Bonchev–Trinajstić information content (AvgIpc) is 1.72. The monoisotopic (exact) mass is 1880 g/mol. The van der Waals surface area contributed by atoms with Gasteiger partial charge in [-0.15, -0.1) is 0 Å². The molecular weight excluding hydrogens is 1740 g/mol. The number of nitrogens with zero attached hydrogens (tertiary/aromatic N) is 5. The fraction of sp³-hybridized carbons (Fsp3) is 0.663. The fourth-order valence-electron chi connectivity index (χ4n) is 17.5. The third-order valence-corrected chi connectivity index (χ3v) is 25.8. The topological polar surface area (TPSA) is 573 Å². The molecule has 8 heterocycles. The lowest BCUT2D eigenvalue weighted by Gasteiger charge is -2.32. The van der Waals surface area contributed by atoms with E-state index in [4.69, 9.17) is 24.7 Å². The summed E-state index contributed by atoms with van der Waals surface area (Å²) in [5.41, 5.74) is 8.22. The van der Waals surface area contributed by atoms with Crippen LogP contribution >= 0.6 is 11.8 Å². The first kappa shape index (κ1) is 107. The third-order valence-electron chi connectivity index (χ3n) is 24.3. The lowest BCUT2D eigenvalue weighted by Crippen LogP contribution is -2.56. The maximum atomic E-state index is 14.4. The number of primary amides is 1. The van der Waals surface area contributed by atoms with Gasteiger partial charge in [0.2, 0.25) is 70.9 Å². The van der Waals surface area contributed by atoms with Gasteiger partial charge in [-0.05, 0) is 121 Å². The van der Waals surface area contributed by atoms with Crippen LogP contribution in [0, 0.1) is 35.5 Å². The maximum absolute atomic E-state index is 14.4. The zero-order valence-electron chi connectivity index (χ0n) is 77.5. The molecule has 40 nitrogen and oxygen atoms in total. The summed E-state index contributed by atoms with van der Waals surface area (Å²) in [4.78, 5) is 243. The molecule has 4 aromatic rings. The highest BCUT2D eigenvalue weighted by Crippen LogP contribution is 2.41. The number of amides is 12. The van der Waals surface area contributed by atoms with Crippen molar-refractivity contribution in [1.29, 1.82) is 0 Å². The number of hydrogen-bond donors (Lipinski definition) is 14. The zero-order valence-corrected chi connectivity index (χ0v) is 78.3. The maximum Gasteiger partial charge on any atom is 0.303 e. The molecule has 0 saturated carbocycles. The number of rotatable bonds is 59. The van der Waals surface area contributed by atoms with Gasteiger partial charge in [-0.25, -0.2) is 9.97 Å². The van der Waals surface area contributed by atoms with E-state index < -0.39 is 157 Å². The first-order valence-corrected chi connectivity index (χ1v) is 47.6. The Morgan fingerprint density at radius 2 is 1.14 bits per heavy atom.